The number of nitrogens with zero attached hydrogens (tertiary/aromatic N) is 2. The van der Waals surface area contributed by atoms with Gasteiger partial charge in [-0.25, -0.2) is 4.68 Å². The van der Waals surface area contributed by atoms with Crippen LogP contribution in [0.2, 0.25) is 0 Å². The van der Waals surface area contributed by atoms with Crippen LogP contribution in [0, 0.1) is 5.92 Å². The molecule has 0 saturated heterocycles. The van der Waals surface area contributed by atoms with Gasteiger partial charge in [0.25, 0.3) is 0 Å². The second-order valence-electron chi connectivity index (χ2n) is 4.69. The average Bonchev–Trinajstić information content (AvgIpc) is 2.99. The van der Waals surface area contributed by atoms with Gasteiger partial charge in [-0.2, -0.15) is 5.10 Å². The van der Waals surface area contributed by atoms with Gasteiger partial charge in [-0.05, 0) is 39.0 Å². The van der Waals surface area contributed by atoms with E-state index >= 15 is 0 Å². The Hall–Kier alpha value is -0.990. The van der Waals surface area contributed by atoms with Crippen molar-refractivity contribution in [1.82, 2.24) is 9.78 Å². The lowest BCUT2D eigenvalue weighted by atomic mass is 10.2. The van der Waals surface area contributed by atoms with Crippen molar-refractivity contribution in [3.05, 3.63) is 12.3 Å². The molecule has 1 fully saturated rings. The molecular weight excluding hydrogens is 186 g/mol. The van der Waals surface area contributed by atoms with Gasteiger partial charge in [0.1, 0.15) is 5.82 Å². The van der Waals surface area contributed by atoms with Gasteiger partial charge in [0.15, 0.2) is 0 Å². The van der Waals surface area contributed by atoms with Crippen molar-refractivity contribution < 1.29 is 0 Å². The summed E-state index contributed by atoms with van der Waals surface area (Å²) in [7, 11) is 0. The van der Waals surface area contributed by atoms with Crippen molar-refractivity contribution in [3.63, 3.8) is 0 Å². The molecule has 3 heteroatoms. The molecule has 0 amide bonds. The number of anilines is 1. The molecule has 2 rings (SSSR count). The highest BCUT2D eigenvalue weighted by molar-refractivity contribution is 5.36. The lowest BCUT2D eigenvalue weighted by molar-refractivity contribution is 0.479. The summed E-state index contributed by atoms with van der Waals surface area (Å²) in [5.74, 6) is 2.05. The Kier molecular flexibility index (Phi) is 2.98. The number of hydrogen-bond acceptors (Lipinski definition) is 2. The zero-order valence-corrected chi connectivity index (χ0v) is 9.90. The number of rotatable bonds is 5. The summed E-state index contributed by atoms with van der Waals surface area (Å²) >= 11 is 0. The van der Waals surface area contributed by atoms with Crippen LogP contribution in [0.5, 0.6) is 0 Å². The maximum absolute atomic E-state index is 4.37. The minimum atomic E-state index is 0.480. The molecule has 1 saturated carbocycles. The highest BCUT2D eigenvalue weighted by atomic mass is 15.3. The zero-order valence-electron chi connectivity index (χ0n) is 9.90. The summed E-state index contributed by atoms with van der Waals surface area (Å²) in [4.78, 5) is 0. The molecule has 0 bridgehead atoms. The van der Waals surface area contributed by atoms with Gasteiger partial charge >= 0.3 is 0 Å². The lowest BCUT2D eigenvalue weighted by Crippen LogP contribution is -2.21. The fourth-order valence-electron chi connectivity index (χ4n) is 1.90. The predicted molar refractivity (Wildman–Crippen MR) is 63.0 cm³/mol. The van der Waals surface area contributed by atoms with E-state index in [0.717, 1.165) is 12.3 Å². The first kappa shape index (κ1) is 10.5. The van der Waals surface area contributed by atoms with E-state index in [1.807, 2.05) is 6.20 Å². The molecule has 1 aromatic rings. The molecule has 1 heterocycles. The molecule has 0 radical (unpaired) electrons. The minimum Gasteiger partial charge on any atom is -0.368 e. The van der Waals surface area contributed by atoms with Gasteiger partial charge in [0.2, 0.25) is 0 Å². The Morgan fingerprint density at radius 3 is 2.87 bits per heavy atom. The maximum Gasteiger partial charge on any atom is 0.124 e. The van der Waals surface area contributed by atoms with Crippen molar-refractivity contribution >= 4 is 5.82 Å². The number of aromatic nitrogens is 2. The van der Waals surface area contributed by atoms with Crippen LogP contribution in [0.3, 0.4) is 0 Å². The van der Waals surface area contributed by atoms with Crippen LogP contribution in [0.4, 0.5) is 5.82 Å². The van der Waals surface area contributed by atoms with Crippen LogP contribution in [0.15, 0.2) is 12.3 Å². The van der Waals surface area contributed by atoms with Crippen LogP contribution in [0.25, 0.3) is 0 Å². The van der Waals surface area contributed by atoms with E-state index in [4.69, 9.17) is 0 Å². The Bertz CT molecular complexity index is 314. The van der Waals surface area contributed by atoms with Crippen LogP contribution in [-0.4, -0.2) is 15.8 Å². The van der Waals surface area contributed by atoms with E-state index in [1.54, 1.807) is 0 Å². The first-order chi connectivity index (χ1) is 7.22. The largest absolute Gasteiger partial charge is 0.368 e. The quantitative estimate of drug-likeness (QED) is 0.804. The Morgan fingerprint density at radius 2 is 2.27 bits per heavy atom. The molecule has 0 spiro atoms. The summed E-state index contributed by atoms with van der Waals surface area (Å²) in [6.45, 7) is 6.67. The third kappa shape index (κ3) is 2.33. The molecular formula is C12H21N3. The van der Waals surface area contributed by atoms with Crippen LogP contribution in [0.1, 0.15) is 46.1 Å². The summed E-state index contributed by atoms with van der Waals surface area (Å²) in [5, 5.41) is 7.94. The van der Waals surface area contributed by atoms with Crippen molar-refractivity contribution in [2.45, 2.75) is 52.1 Å². The van der Waals surface area contributed by atoms with E-state index in [1.165, 1.54) is 18.7 Å². The van der Waals surface area contributed by atoms with Gasteiger partial charge < -0.3 is 5.32 Å². The molecule has 1 aliphatic rings. The first-order valence-electron chi connectivity index (χ1n) is 6.02. The Labute approximate surface area is 91.9 Å². The van der Waals surface area contributed by atoms with E-state index in [-0.39, 0.29) is 0 Å². The molecule has 3 nitrogen and oxygen atoms in total. The van der Waals surface area contributed by atoms with Gasteiger partial charge in [-0.1, -0.05) is 6.92 Å². The summed E-state index contributed by atoms with van der Waals surface area (Å²) in [6.07, 6.45) is 5.76. The molecule has 0 aromatic carbocycles. The summed E-state index contributed by atoms with van der Waals surface area (Å²) < 4.78 is 2.10. The molecule has 15 heavy (non-hydrogen) atoms. The second-order valence-corrected chi connectivity index (χ2v) is 4.69. The van der Waals surface area contributed by atoms with Crippen LogP contribution >= 0.6 is 0 Å². The fraction of sp³-hybridized carbons (Fsp3) is 0.750. The van der Waals surface area contributed by atoms with Gasteiger partial charge in [0, 0.05) is 12.1 Å². The number of nitrogens with one attached hydrogen (secondary N) is 1. The standard InChI is InChI=1S/C12H21N3/c1-4-9(2)15-12(7-8-13-15)14-10(3)11-5-6-11/h7-11,14H,4-6H2,1-3H3. The molecule has 1 aliphatic carbocycles. The molecule has 2 unspecified atom stereocenters. The summed E-state index contributed by atoms with van der Waals surface area (Å²) in [6, 6.07) is 3.14. The van der Waals surface area contributed by atoms with Gasteiger partial charge in [-0.3, -0.25) is 0 Å². The third-order valence-corrected chi connectivity index (χ3v) is 3.38. The van der Waals surface area contributed by atoms with Crippen molar-refractivity contribution in [2.24, 2.45) is 5.92 Å². The SMILES string of the molecule is CCC(C)n1nccc1NC(C)C1CC1. The lowest BCUT2D eigenvalue weighted by Gasteiger charge is -2.18. The predicted octanol–water partition coefficient (Wildman–Crippen LogP) is 3.06. The summed E-state index contributed by atoms with van der Waals surface area (Å²) in [5.41, 5.74) is 0. The monoisotopic (exact) mass is 207 g/mol. The van der Waals surface area contributed by atoms with Crippen LogP contribution < -0.4 is 5.32 Å². The normalized spacial score (nSPS) is 19.9. The van der Waals surface area contributed by atoms with E-state index in [9.17, 15) is 0 Å². The van der Waals surface area contributed by atoms with Gasteiger partial charge in [-0.15, -0.1) is 0 Å². The molecule has 1 N–H and O–H groups in total. The highest BCUT2D eigenvalue weighted by Gasteiger charge is 2.28. The van der Waals surface area contributed by atoms with Gasteiger partial charge in [0.05, 0.1) is 12.2 Å². The van der Waals surface area contributed by atoms with E-state index < -0.39 is 0 Å². The fourth-order valence-corrected chi connectivity index (χ4v) is 1.90. The highest BCUT2D eigenvalue weighted by Crippen LogP contribution is 2.34. The van der Waals surface area contributed by atoms with Crippen molar-refractivity contribution in [2.75, 3.05) is 5.32 Å². The smallest absolute Gasteiger partial charge is 0.124 e. The van der Waals surface area contributed by atoms with Crippen molar-refractivity contribution in [3.8, 4) is 0 Å². The zero-order chi connectivity index (χ0) is 10.8. The topological polar surface area (TPSA) is 29.9 Å². The molecule has 84 valence electrons. The van der Waals surface area contributed by atoms with E-state index in [2.05, 4.69) is 41.9 Å². The third-order valence-electron chi connectivity index (χ3n) is 3.38. The van der Waals surface area contributed by atoms with Crippen molar-refractivity contribution in [1.29, 1.82) is 0 Å². The molecule has 0 aliphatic heterocycles. The Balaban J connectivity index is 2.03. The van der Waals surface area contributed by atoms with Crippen LogP contribution in [-0.2, 0) is 0 Å². The Morgan fingerprint density at radius 1 is 1.53 bits per heavy atom. The molecule has 2 atom stereocenters. The first-order valence-corrected chi connectivity index (χ1v) is 6.02. The average molecular weight is 207 g/mol. The second kappa shape index (κ2) is 4.25. The van der Waals surface area contributed by atoms with E-state index in [0.29, 0.717) is 12.1 Å². The maximum atomic E-state index is 4.37. The molecule has 1 aromatic heterocycles. The minimum absolute atomic E-state index is 0.480. The number of hydrogen-bond donors (Lipinski definition) is 1.